The van der Waals surface area contributed by atoms with Crippen LogP contribution in [0.2, 0.25) is 0 Å². The van der Waals surface area contributed by atoms with Gasteiger partial charge in [0.2, 0.25) is 5.91 Å². The van der Waals surface area contributed by atoms with Gasteiger partial charge in [-0.1, -0.05) is 15.9 Å². The quantitative estimate of drug-likeness (QED) is 0.892. The van der Waals surface area contributed by atoms with Crippen LogP contribution in [0.1, 0.15) is 15.9 Å². The molecule has 0 spiro atoms. The summed E-state index contributed by atoms with van der Waals surface area (Å²) in [6.45, 7) is 1.84. The van der Waals surface area contributed by atoms with E-state index in [1.807, 2.05) is 19.1 Å². The maximum absolute atomic E-state index is 11.8. The van der Waals surface area contributed by atoms with Crippen molar-refractivity contribution in [2.24, 2.45) is 0 Å². The summed E-state index contributed by atoms with van der Waals surface area (Å²) in [5.41, 5.74) is 2.13. The number of rotatable bonds is 4. The third kappa shape index (κ3) is 4.39. The van der Waals surface area contributed by atoms with E-state index in [0.717, 1.165) is 10.0 Å². The van der Waals surface area contributed by atoms with Gasteiger partial charge in [-0.05, 0) is 42.8 Å². The van der Waals surface area contributed by atoms with Gasteiger partial charge in [-0.15, -0.1) is 0 Å². The molecular formula is C15H14BrN3O2. The predicted octanol–water partition coefficient (Wildman–Crippen LogP) is 2.52. The van der Waals surface area contributed by atoms with Crippen molar-refractivity contribution in [1.82, 2.24) is 10.3 Å². The highest BCUT2D eigenvalue weighted by atomic mass is 79.9. The van der Waals surface area contributed by atoms with Crippen LogP contribution in [-0.2, 0) is 4.79 Å². The summed E-state index contributed by atoms with van der Waals surface area (Å²) in [6.07, 6.45) is 3.03. The smallest absolute Gasteiger partial charge is 0.253 e. The summed E-state index contributed by atoms with van der Waals surface area (Å²) in [4.78, 5) is 27.4. The van der Waals surface area contributed by atoms with Crippen LogP contribution < -0.4 is 10.6 Å². The first-order valence-corrected chi connectivity index (χ1v) is 7.10. The second-order valence-corrected chi connectivity index (χ2v) is 5.29. The highest BCUT2D eigenvalue weighted by molar-refractivity contribution is 9.10. The van der Waals surface area contributed by atoms with Gasteiger partial charge >= 0.3 is 0 Å². The third-order valence-corrected chi connectivity index (χ3v) is 3.66. The van der Waals surface area contributed by atoms with Crippen LogP contribution in [0.3, 0.4) is 0 Å². The molecule has 2 aromatic rings. The van der Waals surface area contributed by atoms with Crippen molar-refractivity contribution in [3.63, 3.8) is 0 Å². The number of benzene rings is 1. The van der Waals surface area contributed by atoms with Gasteiger partial charge < -0.3 is 10.6 Å². The molecule has 0 unspecified atom stereocenters. The summed E-state index contributed by atoms with van der Waals surface area (Å²) in [5.74, 6) is -0.612. The summed E-state index contributed by atoms with van der Waals surface area (Å²) < 4.78 is 0.977. The number of aromatic nitrogens is 1. The maximum atomic E-state index is 11.8. The summed E-state index contributed by atoms with van der Waals surface area (Å²) >= 11 is 3.40. The Labute approximate surface area is 130 Å². The van der Waals surface area contributed by atoms with Crippen LogP contribution in [-0.4, -0.2) is 23.3 Å². The third-order valence-electron chi connectivity index (χ3n) is 2.77. The van der Waals surface area contributed by atoms with Crippen molar-refractivity contribution in [2.45, 2.75) is 6.92 Å². The van der Waals surface area contributed by atoms with Crippen LogP contribution in [0.4, 0.5) is 5.69 Å². The minimum atomic E-state index is -0.328. The van der Waals surface area contributed by atoms with Gasteiger partial charge in [-0.3, -0.25) is 14.6 Å². The Balaban J connectivity index is 1.87. The average Bonchev–Trinajstić information content (AvgIpc) is 2.49. The van der Waals surface area contributed by atoms with Gasteiger partial charge in [-0.2, -0.15) is 0 Å². The monoisotopic (exact) mass is 347 g/mol. The number of amides is 2. The Morgan fingerprint density at radius 2 is 2.10 bits per heavy atom. The van der Waals surface area contributed by atoms with Gasteiger partial charge in [0.25, 0.3) is 5.91 Å². The normalized spacial score (nSPS) is 10.0. The van der Waals surface area contributed by atoms with Crippen LogP contribution in [0.15, 0.2) is 47.2 Å². The molecule has 108 valence electrons. The molecule has 5 nitrogen and oxygen atoms in total. The minimum Gasteiger partial charge on any atom is -0.343 e. The highest BCUT2D eigenvalue weighted by Gasteiger charge is 2.08. The van der Waals surface area contributed by atoms with Crippen molar-refractivity contribution in [1.29, 1.82) is 0 Å². The number of hydrogen-bond acceptors (Lipinski definition) is 3. The Morgan fingerprint density at radius 3 is 2.76 bits per heavy atom. The van der Waals surface area contributed by atoms with E-state index in [4.69, 9.17) is 0 Å². The predicted molar refractivity (Wildman–Crippen MR) is 84.1 cm³/mol. The number of carbonyl (C=O) groups excluding carboxylic acids is 2. The molecule has 0 bridgehead atoms. The van der Waals surface area contributed by atoms with E-state index in [2.05, 4.69) is 31.5 Å². The van der Waals surface area contributed by atoms with E-state index in [1.165, 1.54) is 6.20 Å². The fraction of sp³-hybridized carbons (Fsp3) is 0.133. The molecule has 1 aromatic heterocycles. The number of nitrogens with one attached hydrogen (secondary N) is 2. The number of aryl methyl sites for hydroxylation is 1. The summed E-state index contributed by atoms with van der Waals surface area (Å²) in [7, 11) is 0. The first kappa shape index (κ1) is 15.2. The minimum absolute atomic E-state index is 0.0944. The molecule has 0 aliphatic heterocycles. The van der Waals surface area contributed by atoms with Gasteiger partial charge in [-0.25, -0.2) is 0 Å². The molecule has 0 aliphatic rings. The average molecular weight is 348 g/mol. The zero-order valence-corrected chi connectivity index (χ0v) is 13.0. The SMILES string of the molecule is Cc1cc(NC(=O)CNC(=O)c2cccnc2)ccc1Br. The number of halogens is 1. The Kier molecular flexibility index (Phi) is 5.05. The van der Waals surface area contributed by atoms with Gasteiger partial charge in [0, 0.05) is 22.6 Å². The highest BCUT2D eigenvalue weighted by Crippen LogP contribution is 2.19. The maximum Gasteiger partial charge on any atom is 0.253 e. The van der Waals surface area contributed by atoms with E-state index in [-0.39, 0.29) is 18.4 Å². The molecule has 0 radical (unpaired) electrons. The molecule has 0 aliphatic carbocycles. The summed E-state index contributed by atoms with van der Waals surface area (Å²) in [5, 5.41) is 5.27. The lowest BCUT2D eigenvalue weighted by molar-refractivity contribution is -0.115. The molecule has 6 heteroatoms. The van der Waals surface area contributed by atoms with Crippen molar-refractivity contribution >= 4 is 33.4 Å². The Morgan fingerprint density at radius 1 is 1.29 bits per heavy atom. The van der Waals surface area contributed by atoms with Gasteiger partial charge in [0.15, 0.2) is 0 Å². The topological polar surface area (TPSA) is 71.1 Å². The van der Waals surface area contributed by atoms with E-state index in [1.54, 1.807) is 24.4 Å². The largest absolute Gasteiger partial charge is 0.343 e. The fourth-order valence-electron chi connectivity index (χ4n) is 1.69. The standard InChI is InChI=1S/C15H14BrN3O2/c1-10-7-12(4-5-13(10)16)19-14(20)9-18-15(21)11-3-2-6-17-8-11/h2-8H,9H2,1H3,(H,18,21)(H,19,20). The zero-order chi connectivity index (χ0) is 15.2. The fourth-order valence-corrected chi connectivity index (χ4v) is 1.93. The second-order valence-electron chi connectivity index (χ2n) is 4.44. The number of pyridine rings is 1. The van der Waals surface area contributed by atoms with E-state index >= 15 is 0 Å². The van der Waals surface area contributed by atoms with E-state index in [9.17, 15) is 9.59 Å². The molecule has 1 heterocycles. The lowest BCUT2D eigenvalue weighted by Gasteiger charge is -2.08. The van der Waals surface area contributed by atoms with Crippen molar-refractivity contribution in [3.05, 3.63) is 58.3 Å². The number of carbonyl (C=O) groups is 2. The molecule has 2 rings (SSSR count). The number of hydrogen-bond donors (Lipinski definition) is 2. The Bertz CT molecular complexity index is 659. The van der Waals surface area contributed by atoms with Crippen LogP contribution in [0.25, 0.3) is 0 Å². The molecule has 0 atom stereocenters. The van der Waals surface area contributed by atoms with Crippen molar-refractivity contribution in [2.75, 3.05) is 11.9 Å². The van der Waals surface area contributed by atoms with Crippen molar-refractivity contribution in [3.8, 4) is 0 Å². The lowest BCUT2D eigenvalue weighted by atomic mass is 10.2. The molecular weight excluding hydrogens is 334 g/mol. The zero-order valence-electron chi connectivity index (χ0n) is 11.4. The molecule has 2 amide bonds. The van der Waals surface area contributed by atoms with Crippen LogP contribution >= 0.6 is 15.9 Å². The molecule has 1 aromatic carbocycles. The molecule has 21 heavy (non-hydrogen) atoms. The Hall–Kier alpha value is -2.21. The first-order valence-electron chi connectivity index (χ1n) is 6.30. The molecule has 2 N–H and O–H groups in total. The van der Waals surface area contributed by atoms with Gasteiger partial charge in [0.05, 0.1) is 12.1 Å². The number of anilines is 1. The van der Waals surface area contributed by atoms with Crippen molar-refractivity contribution < 1.29 is 9.59 Å². The first-order chi connectivity index (χ1) is 10.1. The second kappa shape index (κ2) is 6.99. The lowest BCUT2D eigenvalue weighted by Crippen LogP contribution is -2.32. The van der Waals surface area contributed by atoms with Crippen LogP contribution in [0.5, 0.6) is 0 Å². The van der Waals surface area contributed by atoms with E-state index in [0.29, 0.717) is 11.3 Å². The molecule has 0 saturated heterocycles. The van der Waals surface area contributed by atoms with Gasteiger partial charge in [0.1, 0.15) is 0 Å². The number of nitrogens with zero attached hydrogens (tertiary/aromatic N) is 1. The van der Waals surface area contributed by atoms with Crippen LogP contribution in [0, 0.1) is 6.92 Å². The summed E-state index contributed by atoms with van der Waals surface area (Å²) in [6, 6.07) is 8.81. The molecule has 0 fully saturated rings. The van der Waals surface area contributed by atoms with E-state index < -0.39 is 0 Å². The molecule has 0 saturated carbocycles.